The number of rotatable bonds is 20. The fourth-order valence-corrected chi connectivity index (χ4v) is 12.0. The van der Waals surface area contributed by atoms with Crippen LogP contribution in [0.1, 0.15) is 209 Å². The molecule has 0 radical (unpaired) electrons. The van der Waals surface area contributed by atoms with Crippen molar-refractivity contribution < 1.29 is 9.59 Å². The highest BCUT2D eigenvalue weighted by Crippen LogP contribution is 2.68. The van der Waals surface area contributed by atoms with Crippen LogP contribution in [0.15, 0.2) is 12.2 Å². The van der Waals surface area contributed by atoms with E-state index in [9.17, 15) is 9.59 Å². The number of hydrogen-bond donors (Lipinski definition) is 1. The molecule has 3 nitrogen and oxygen atoms in total. The van der Waals surface area contributed by atoms with Gasteiger partial charge in [-0.2, -0.15) is 0 Å². The molecule has 0 bridgehead atoms. The Morgan fingerprint density at radius 3 is 2.02 bits per heavy atom. The molecule has 7 unspecified atom stereocenters. The van der Waals surface area contributed by atoms with Crippen molar-refractivity contribution >= 4 is 11.7 Å². The summed E-state index contributed by atoms with van der Waals surface area (Å²) >= 11 is 0. The van der Waals surface area contributed by atoms with Gasteiger partial charge in [-0.25, -0.2) is 0 Å². The smallest absolute Gasteiger partial charge is 0.220 e. The van der Waals surface area contributed by atoms with Gasteiger partial charge >= 0.3 is 0 Å². The minimum absolute atomic E-state index is 0.209. The van der Waals surface area contributed by atoms with Crippen LogP contribution in [0.25, 0.3) is 0 Å². The number of hydrogen-bond acceptors (Lipinski definition) is 2. The number of carbonyl (C=O) groups is 2. The Bertz CT molecular complexity index is 1040. The van der Waals surface area contributed by atoms with E-state index < -0.39 is 0 Å². The van der Waals surface area contributed by atoms with E-state index in [-0.39, 0.29) is 5.41 Å². The maximum atomic E-state index is 13.0. The Labute approximate surface area is 304 Å². The van der Waals surface area contributed by atoms with Gasteiger partial charge in [0.15, 0.2) is 0 Å². The highest BCUT2D eigenvalue weighted by molar-refractivity contribution is 5.83. The monoisotopic (exact) mass is 680 g/mol. The van der Waals surface area contributed by atoms with Gasteiger partial charge in [0.2, 0.25) is 5.91 Å². The first kappa shape index (κ1) is 40.6. The average molecular weight is 680 g/mol. The molecule has 0 aromatic carbocycles. The van der Waals surface area contributed by atoms with Crippen molar-refractivity contribution in [1.29, 1.82) is 0 Å². The van der Waals surface area contributed by atoms with E-state index in [1.54, 1.807) is 0 Å². The third-order valence-corrected chi connectivity index (χ3v) is 15.1. The van der Waals surface area contributed by atoms with E-state index in [4.69, 9.17) is 0 Å². The zero-order valence-corrected chi connectivity index (χ0v) is 33.7. The third kappa shape index (κ3) is 10.9. The first-order valence-electron chi connectivity index (χ1n) is 21.9. The molecule has 0 aromatic rings. The predicted octanol–water partition coefficient (Wildman–Crippen LogP) is 13.2. The molecule has 282 valence electrons. The summed E-state index contributed by atoms with van der Waals surface area (Å²) in [7, 11) is 0. The summed E-state index contributed by atoms with van der Waals surface area (Å²) in [6.45, 7) is 16.3. The van der Waals surface area contributed by atoms with Crippen molar-refractivity contribution in [3.8, 4) is 0 Å². The van der Waals surface area contributed by atoms with Crippen molar-refractivity contribution in [2.24, 2.45) is 51.8 Å². The van der Waals surface area contributed by atoms with Crippen LogP contribution in [0.4, 0.5) is 0 Å². The summed E-state index contributed by atoms with van der Waals surface area (Å²) in [6, 6.07) is 0.395. The van der Waals surface area contributed by atoms with E-state index in [1.165, 1.54) is 135 Å². The maximum absolute atomic E-state index is 13.0. The summed E-state index contributed by atoms with van der Waals surface area (Å²) in [5.74, 6) is 5.58. The van der Waals surface area contributed by atoms with Crippen molar-refractivity contribution in [3.63, 3.8) is 0 Å². The third-order valence-electron chi connectivity index (χ3n) is 15.1. The Hall–Kier alpha value is -1.12. The Balaban J connectivity index is 1.11. The molecule has 0 spiro atoms. The highest BCUT2D eigenvalue weighted by Gasteiger charge is 2.60. The number of Topliss-reactive ketones (excluding diaryl/α,β-unsaturated/α-hetero) is 1. The predicted molar refractivity (Wildman–Crippen MR) is 209 cm³/mol. The lowest BCUT2D eigenvalue weighted by Gasteiger charge is -2.61. The fourth-order valence-electron chi connectivity index (χ4n) is 12.0. The summed E-state index contributed by atoms with van der Waals surface area (Å²) in [6.07, 6.45) is 36.3. The molecule has 49 heavy (non-hydrogen) atoms. The zero-order valence-electron chi connectivity index (χ0n) is 33.7. The first-order valence-corrected chi connectivity index (χ1v) is 21.9. The topological polar surface area (TPSA) is 46.2 Å². The zero-order chi connectivity index (χ0) is 35.5. The normalized spacial score (nSPS) is 33.5. The van der Waals surface area contributed by atoms with Gasteiger partial charge in [0.1, 0.15) is 5.78 Å². The van der Waals surface area contributed by atoms with Crippen LogP contribution in [0.3, 0.4) is 0 Å². The second-order valence-corrected chi connectivity index (χ2v) is 19.4. The molecule has 0 heterocycles. The lowest BCUT2D eigenvalue weighted by atomic mass is 9.44. The number of fused-ring (bicyclic) bond motifs is 5. The minimum Gasteiger partial charge on any atom is -0.353 e. The number of allylic oxidation sites excluding steroid dienone is 2. The molecule has 1 amide bonds. The van der Waals surface area contributed by atoms with Gasteiger partial charge in [-0.05, 0) is 143 Å². The second kappa shape index (κ2) is 19.1. The molecule has 9 atom stereocenters. The number of ketones is 1. The molecular formula is C46H81NO2. The van der Waals surface area contributed by atoms with Crippen LogP contribution in [0.2, 0.25) is 0 Å². The van der Waals surface area contributed by atoms with Gasteiger partial charge in [-0.1, -0.05) is 112 Å². The second-order valence-electron chi connectivity index (χ2n) is 19.4. The molecule has 4 rings (SSSR count). The SMILES string of the molecule is CCCCCCCC/C=C\CCCCCCCC(=O)NC1CCC2(C)C(CCC3C2CC[C@]2(C)C3CCC2[C@H](C)CCC(=O)C(C)(C)C)C1. The lowest BCUT2D eigenvalue weighted by molar-refractivity contribution is -0.128. The molecule has 0 aliphatic heterocycles. The van der Waals surface area contributed by atoms with E-state index >= 15 is 0 Å². The van der Waals surface area contributed by atoms with E-state index in [0.717, 1.165) is 48.9 Å². The van der Waals surface area contributed by atoms with Crippen LogP contribution in [0, 0.1) is 51.8 Å². The van der Waals surface area contributed by atoms with Gasteiger partial charge in [0, 0.05) is 24.3 Å². The van der Waals surface area contributed by atoms with Gasteiger partial charge < -0.3 is 5.32 Å². The maximum Gasteiger partial charge on any atom is 0.220 e. The molecule has 4 saturated carbocycles. The fraction of sp³-hybridized carbons (Fsp3) is 0.913. The lowest BCUT2D eigenvalue weighted by Crippen LogP contribution is -2.55. The van der Waals surface area contributed by atoms with Gasteiger partial charge in [0.05, 0.1) is 0 Å². The molecule has 0 aromatic heterocycles. The molecule has 4 aliphatic rings. The molecule has 4 fully saturated rings. The van der Waals surface area contributed by atoms with Crippen molar-refractivity contribution in [2.75, 3.05) is 0 Å². The highest BCUT2D eigenvalue weighted by atomic mass is 16.1. The largest absolute Gasteiger partial charge is 0.353 e. The van der Waals surface area contributed by atoms with Crippen LogP contribution in [0.5, 0.6) is 0 Å². The standard InChI is InChI=1S/C46H81NO2/c1-8-9-10-11-12-13-14-15-16-17-18-19-20-21-22-23-43(49)47-37-30-32-45(6)36(34-37)25-26-38-40-28-27-39(46(40,7)33-31-41(38)45)35(2)24-29-42(48)44(3,4)5/h15-16,35-41H,8-14,17-34H2,1-7H3,(H,47,49)/b16-15-/t35-,36?,37?,38?,39?,40?,41?,45?,46+/m1/s1. The molecular weight excluding hydrogens is 599 g/mol. The number of unbranched alkanes of at least 4 members (excludes halogenated alkanes) is 11. The summed E-state index contributed by atoms with van der Waals surface area (Å²) in [5, 5.41) is 3.51. The minimum atomic E-state index is -0.209. The van der Waals surface area contributed by atoms with Crippen LogP contribution < -0.4 is 5.32 Å². The Morgan fingerprint density at radius 2 is 1.35 bits per heavy atom. The van der Waals surface area contributed by atoms with E-state index in [1.807, 2.05) is 0 Å². The molecule has 0 saturated heterocycles. The van der Waals surface area contributed by atoms with E-state index in [2.05, 4.69) is 65.9 Å². The first-order chi connectivity index (χ1) is 23.4. The van der Waals surface area contributed by atoms with Crippen LogP contribution in [-0.4, -0.2) is 17.7 Å². The van der Waals surface area contributed by atoms with Crippen molar-refractivity contribution in [1.82, 2.24) is 5.32 Å². The van der Waals surface area contributed by atoms with E-state index in [0.29, 0.717) is 40.9 Å². The molecule has 3 heteroatoms. The number of amides is 1. The Kier molecular flexibility index (Phi) is 15.8. The summed E-state index contributed by atoms with van der Waals surface area (Å²) in [4.78, 5) is 25.7. The van der Waals surface area contributed by atoms with Crippen molar-refractivity contribution in [2.45, 2.75) is 215 Å². The number of carbonyl (C=O) groups excluding carboxylic acids is 2. The average Bonchev–Trinajstić information content (AvgIpc) is 3.42. The van der Waals surface area contributed by atoms with Gasteiger partial charge in [-0.3, -0.25) is 9.59 Å². The number of nitrogens with one attached hydrogen (secondary N) is 1. The summed E-state index contributed by atoms with van der Waals surface area (Å²) < 4.78 is 0. The van der Waals surface area contributed by atoms with Crippen LogP contribution >= 0.6 is 0 Å². The van der Waals surface area contributed by atoms with Gasteiger partial charge in [-0.15, -0.1) is 0 Å². The molecule has 4 aliphatic carbocycles. The summed E-state index contributed by atoms with van der Waals surface area (Å²) in [5.41, 5.74) is 0.709. The Morgan fingerprint density at radius 1 is 0.735 bits per heavy atom. The van der Waals surface area contributed by atoms with Gasteiger partial charge in [0.25, 0.3) is 0 Å². The van der Waals surface area contributed by atoms with Crippen LogP contribution in [-0.2, 0) is 9.59 Å². The quantitative estimate of drug-likeness (QED) is 0.103. The van der Waals surface area contributed by atoms with Crippen molar-refractivity contribution in [3.05, 3.63) is 12.2 Å². The molecule has 1 N–H and O–H groups in total.